The zero-order valence-corrected chi connectivity index (χ0v) is 16.0. The molecule has 25 heavy (non-hydrogen) atoms. The minimum atomic E-state index is -0.108. The highest BCUT2D eigenvalue weighted by Gasteiger charge is 2.17. The average molecular weight is 353 g/mol. The third kappa shape index (κ3) is 3.37. The highest BCUT2D eigenvalue weighted by molar-refractivity contribution is 7.22. The fourth-order valence-corrected chi connectivity index (χ4v) is 3.72. The Morgan fingerprint density at radius 3 is 2.40 bits per heavy atom. The molecule has 3 rings (SSSR count). The smallest absolute Gasteiger partial charge is 0.255 e. The monoisotopic (exact) mass is 353 g/mol. The summed E-state index contributed by atoms with van der Waals surface area (Å²) in [7, 11) is 0. The number of aryl methyl sites for hydroxylation is 2. The minimum Gasteiger partial charge on any atom is -0.375 e. The van der Waals surface area contributed by atoms with Crippen LogP contribution in [-0.2, 0) is 5.41 Å². The first-order valence-electron chi connectivity index (χ1n) is 8.25. The Morgan fingerprint density at radius 1 is 1.16 bits per heavy atom. The molecule has 0 aliphatic heterocycles. The van der Waals surface area contributed by atoms with Gasteiger partial charge in [0.15, 0.2) is 5.13 Å². The van der Waals surface area contributed by atoms with Crippen molar-refractivity contribution in [3.05, 3.63) is 52.6 Å². The molecule has 1 aromatic heterocycles. The third-order valence-corrected chi connectivity index (χ3v) is 5.40. The second-order valence-electron chi connectivity index (χ2n) is 7.38. The fraction of sp³-hybridized carbons (Fsp3) is 0.300. The molecule has 0 bridgehead atoms. The molecule has 3 aromatic rings. The molecule has 1 heterocycles. The van der Waals surface area contributed by atoms with E-state index in [-0.39, 0.29) is 11.3 Å². The Bertz CT molecular complexity index is 950. The number of fused-ring (bicyclic) bond motifs is 1. The van der Waals surface area contributed by atoms with Crippen LogP contribution in [0.5, 0.6) is 0 Å². The molecule has 0 unspecified atom stereocenters. The van der Waals surface area contributed by atoms with Crippen LogP contribution < -0.4 is 11.1 Å². The predicted molar refractivity (Wildman–Crippen MR) is 107 cm³/mol. The number of rotatable bonds is 2. The Balaban J connectivity index is 1.92. The van der Waals surface area contributed by atoms with Crippen LogP contribution in [0.25, 0.3) is 10.2 Å². The van der Waals surface area contributed by atoms with Crippen LogP contribution in [0.3, 0.4) is 0 Å². The van der Waals surface area contributed by atoms with Gasteiger partial charge in [-0.3, -0.25) is 4.79 Å². The molecule has 0 aliphatic rings. The Labute approximate surface area is 152 Å². The summed E-state index contributed by atoms with van der Waals surface area (Å²) in [6, 6.07) is 9.75. The predicted octanol–water partition coefficient (Wildman–Crippen LogP) is 5.05. The van der Waals surface area contributed by atoms with Crippen LogP contribution >= 0.6 is 11.3 Å². The van der Waals surface area contributed by atoms with Gasteiger partial charge < -0.3 is 11.1 Å². The number of nitrogens with one attached hydrogen (secondary N) is 1. The van der Waals surface area contributed by atoms with Crippen LogP contribution in [0.15, 0.2) is 30.3 Å². The van der Waals surface area contributed by atoms with Crippen molar-refractivity contribution in [1.29, 1.82) is 0 Å². The van der Waals surface area contributed by atoms with Crippen LogP contribution in [0.2, 0.25) is 0 Å². The van der Waals surface area contributed by atoms with Gasteiger partial charge in [-0.25, -0.2) is 4.98 Å². The first-order chi connectivity index (χ1) is 11.7. The highest BCUT2D eigenvalue weighted by Crippen LogP contribution is 2.34. The van der Waals surface area contributed by atoms with Gasteiger partial charge in [-0.2, -0.15) is 0 Å². The number of nitrogens with zero attached hydrogens (tertiary/aromatic N) is 1. The lowest BCUT2D eigenvalue weighted by Crippen LogP contribution is -2.15. The van der Waals surface area contributed by atoms with Crippen molar-refractivity contribution in [2.75, 3.05) is 11.1 Å². The van der Waals surface area contributed by atoms with Crippen molar-refractivity contribution in [2.24, 2.45) is 0 Å². The molecule has 0 radical (unpaired) electrons. The van der Waals surface area contributed by atoms with E-state index in [1.54, 1.807) is 0 Å². The largest absolute Gasteiger partial charge is 0.375 e. The standard InChI is InChI=1S/C20H23N3OS/c1-11-10-15-17(25-19(21)22-15)12(2)16(11)23-18(24)13-6-8-14(9-7-13)20(3,4)5/h6-10H,1-5H3,(H2,21,22)(H,23,24). The Hall–Kier alpha value is -2.40. The first-order valence-corrected chi connectivity index (χ1v) is 9.06. The maximum Gasteiger partial charge on any atom is 0.255 e. The van der Waals surface area contributed by atoms with Crippen molar-refractivity contribution in [3.8, 4) is 0 Å². The van der Waals surface area contributed by atoms with Gasteiger partial charge in [0.05, 0.1) is 10.2 Å². The van der Waals surface area contributed by atoms with E-state index in [0.29, 0.717) is 10.7 Å². The number of carbonyl (C=O) groups excluding carboxylic acids is 1. The quantitative estimate of drug-likeness (QED) is 0.678. The zero-order valence-electron chi connectivity index (χ0n) is 15.2. The maximum atomic E-state index is 12.7. The summed E-state index contributed by atoms with van der Waals surface area (Å²) < 4.78 is 1.02. The van der Waals surface area contributed by atoms with Gasteiger partial charge in [0, 0.05) is 11.3 Å². The van der Waals surface area contributed by atoms with Crippen LogP contribution in [-0.4, -0.2) is 10.9 Å². The minimum absolute atomic E-state index is 0.0688. The summed E-state index contributed by atoms with van der Waals surface area (Å²) in [6.07, 6.45) is 0. The van der Waals surface area contributed by atoms with Crippen molar-refractivity contribution in [1.82, 2.24) is 4.98 Å². The Kier molecular flexibility index (Phi) is 4.29. The van der Waals surface area contributed by atoms with Crippen LogP contribution in [0, 0.1) is 13.8 Å². The molecule has 130 valence electrons. The average Bonchev–Trinajstić information content (AvgIpc) is 2.91. The molecule has 3 N–H and O–H groups in total. The lowest BCUT2D eigenvalue weighted by molar-refractivity contribution is 0.102. The van der Waals surface area contributed by atoms with E-state index in [0.717, 1.165) is 27.0 Å². The van der Waals surface area contributed by atoms with E-state index in [1.165, 1.54) is 16.9 Å². The number of hydrogen-bond donors (Lipinski definition) is 2. The van der Waals surface area contributed by atoms with Gasteiger partial charge in [0.1, 0.15) is 0 Å². The number of nitrogens with two attached hydrogens (primary N) is 1. The Morgan fingerprint density at radius 2 is 1.80 bits per heavy atom. The summed E-state index contributed by atoms with van der Waals surface area (Å²) in [4.78, 5) is 17.0. The van der Waals surface area contributed by atoms with Crippen molar-refractivity contribution < 1.29 is 4.79 Å². The molecule has 4 nitrogen and oxygen atoms in total. The van der Waals surface area contributed by atoms with Gasteiger partial charge >= 0.3 is 0 Å². The number of benzene rings is 2. The summed E-state index contributed by atoms with van der Waals surface area (Å²) in [6.45, 7) is 10.4. The lowest BCUT2D eigenvalue weighted by Gasteiger charge is -2.19. The summed E-state index contributed by atoms with van der Waals surface area (Å²) >= 11 is 1.44. The summed E-state index contributed by atoms with van der Waals surface area (Å²) in [5.74, 6) is -0.108. The molecule has 0 fully saturated rings. The molecule has 0 aliphatic carbocycles. The number of aromatic nitrogens is 1. The van der Waals surface area contributed by atoms with Crippen molar-refractivity contribution in [3.63, 3.8) is 0 Å². The van der Waals surface area contributed by atoms with Gasteiger partial charge in [-0.15, -0.1) is 0 Å². The number of carbonyl (C=O) groups is 1. The maximum absolute atomic E-state index is 12.7. The third-order valence-electron chi connectivity index (χ3n) is 4.38. The van der Waals surface area contributed by atoms with E-state index >= 15 is 0 Å². The van der Waals surface area contributed by atoms with E-state index < -0.39 is 0 Å². The van der Waals surface area contributed by atoms with Crippen molar-refractivity contribution in [2.45, 2.75) is 40.0 Å². The van der Waals surface area contributed by atoms with Gasteiger partial charge in [-0.1, -0.05) is 44.2 Å². The van der Waals surface area contributed by atoms with E-state index in [1.807, 2.05) is 44.2 Å². The number of amides is 1. The topological polar surface area (TPSA) is 68.0 Å². The highest BCUT2D eigenvalue weighted by atomic mass is 32.1. The SMILES string of the molecule is Cc1cc2nc(N)sc2c(C)c1NC(=O)c1ccc(C(C)(C)C)cc1. The molecule has 0 spiro atoms. The van der Waals surface area contributed by atoms with Gasteiger partial charge in [0.25, 0.3) is 5.91 Å². The number of anilines is 2. The number of thiazole rings is 1. The van der Waals surface area contributed by atoms with Gasteiger partial charge in [-0.05, 0) is 54.2 Å². The van der Waals surface area contributed by atoms with E-state index in [4.69, 9.17) is 5.73 Å². The number of nitrogen functional groups attached to an aromatic ring is 1. The number of hydrogen-bond acceptors (Lipinski definition) is 4. The van der Waals surface area contributed by atoms with Crippen molar-refractivity contribution >= 4 is 38.3 Å². The molecular weight excluding hydrogens is 330 g/mol. The molecule has 2 aromatic carbocycles. The van der Waals surface area contributed by atoms with Gasteiger partial charge in [0.2, 0.25) is 0 Å². The molecule has 0 saturated heterocycles. The van der Waals surface area contributed by atoms with E-state index in [9.17, 15) is 4.79 Å². The normalized spacial score (nSPS) is 11.7. The fourth-order valence-electron chi connectivity index (χ4n) is 2.90. The molecule has 0 saturated carbocycles. The lowest BCUT2D eigenvalue weighted by atomic mass is 9.86. The molecule has 0 atom stereocenters. The summed E-state index contributed by atoms with van der Waals surface area (Å²) in [5, 5.41) is 3.59. The van der Waals surface area contributed by atoms with Crippen LogP contribution in [0.4, 0.5) is 10.8 Å². The summed E-state index contributed by atoms with van der Waals surface area (Å²) in [5.41, 5.74) is 11.4. The van der Waals surface area contributed by atoms with E-state index in [2.05, 4.69) is 31.1 Å². The zero-order chi connectivity index (χ0) is 18.4. The molecule has 5 heteroatoms. The second-order valence-corrected chi connectivity index (χ2v) is 8.41. The molecular formula is C20H23N3OS. The molecule has 1 amide bonds. The first kappa shape index (κ1) is 17.4. The second kappa shape index (κ2) is 6.15. The van der Waals surface area contributed by atoms with Crippen LogP contribution in [0.1, 0.15) is 47.8 Å².